The van der Waals surface area contributed by atoms with E-state index >= 15 is 0 Å². The second kappa shape index (κ2) is 7.42. The normalized spacial score (nSPS) is 19.5. The predicted molar refractivity (Wildman–Crippen MR) is 92.0 cm³/mol. The summed E-state index contributed by atoms with van der Waals surface area (Å²) in [4.78, 5) is 23.3. The smallest absolute Gasteiger partial charge is 0.231 e. The molecule has 0 spiro atoms. The Labute approximate surface area is 146 Å². The summed E-state index contributed by atoms with van der Waals surface area (Å²) in [6.45, 7) is 7.54. The highest BCUT2D eigenvalue weighted by atomic mass is 32.1. The van der Waals surface area contributed by atoms with Crippen LogP contribution in [0.3, 0.4) is 0 Å². The van der Waals surface area contributed by atoms with Crippen molar-refractivity contribution in [2.45, 2.75) is 52.4 Å². The molecule has 0 unspecified atom stereocenters. The Morgan fingerprint density at radius 3 is 3.04 bits per heavy atom. The molecule has 0 aromatic carbocycles. The molecule has 6 nitrogen and oxygen atoms in total. The van der Waals surface area contributed by atoms with E-state index in [4.69, 9.17) is 4.52 Å². The van der Waals surface area contributed by atoms with E-state index in [0.717, 1.165) is 36.5 Å². The van der Waals surface area contributed by atoms with Gasteiger partial charge in [0.15, 0.2) is 5.82 Å². The van der Waals surface area contributed by atoms with Gasteiger partial charge < -0.3 is 9.42 Å². The third-order valence-electron chi connectivity index (χ3n) is 4.61. The summed E-state index contributed by atoms with van der Waals surface area (Å²) in [5, 5.41) is 7.16. The van der Waals surface area contributed by atoms with Crippen LogP contribution in [0, 0.1) is 12.8 Å². The Balaban J connectivity index is 1.65. The minimum absolute atomic E-state index is 0.0786. The first-order valence-electron chi connectivity index (χ1n) is 8.59. The average Bonchev–Trinajstić information content (AvgIpc) is 3.23. The van der Waals surface area contributed by atoms with E-state index in [1.807, 2.05) is 24.1 Å². The Morgan fingerprint density at radius 1 is 1.50 bits per heavy atom. The maximum absolute atomic E-state index is 12.4. The van der Waals surface area contributed by atoms with E-state index in [1.54, 1.807) is 11.3 Å². The zero-order valence-corrected chi connectivity index (χ0v) is 15.3. The minimum Gasteiger partial charge on any atom is -0.342 e. The van der Waals surface area contributed by atoms with Gasteiger partial charge in [0.1, 0.15) is 0 Å². The largest absolute Gasteiger partial charge is 0.342 e. The summed E-state index contributed by atoms with van der Waals surface area (Å²) < 4.78 is 5.47. The van der Waals surface area contributed by atoms with Gasteiger partial charge in [-0.05, 0) is 26.2 Å². The Hall–Kier alpha value is -1.76. The topological polar surface area (TPSA) is 72.1 Å². The molecule has 24 heavy (non-hydrogen) atoms. The van der Waals surface area contributed by atoms with Crippen LogP contribution < -0.4 is 0 Å². The summed E-state index contributed by atoms with van der Waals surface area (Å²) in [5.74, 6) is 1.78. The van der Waals surface area contributed by atoms with E-state index in [0.29, 0.717) is 24.7 Å². The number of carbonyl (C=O) groups excluding carboxylic acids is 1. The number of piperidine rings is 1. The van der Waals surface area contributed by atoms with Crippen LogP contribution in [0.15, 0.2) is 9.90 Å². The number of carbonyl (C=O) groups is 1. The molecule has 3 rings (SSSR count). The highest BCUT2D eigenvalue weighted by molar-refractivity contribution is 7.09. The van der Waals surface area contributed by atoms with Gasteiger partial charge in [-0.3, -0.25) is 4.79 Å². The minimum atomic E-state index is 0.0786. The molecule has 7 heteroatoms. The SMILES string of the molecule is CC[C@H](C)C(=O)N1CCC[C@@H](c2nc(Cc3csc(C)n3)no2)C1. The van der Waals surface area contributed by atoms with Crippen LogP contribution >= 0.6 is 11.3 Å². The quantitative estimate of drug-likeness (QED) is 0.830. The number of amides is 1. The molecule has 0 aliphatic carbocycles. The fraction of sp³-hybridized carbons (Fsp3) is 0.647. The number of hydrogen-bond acceptors (Lipinski definition) is 6. The predicted octanol–water partition coefficient (Wildman–Crippen LogP) is 3.18. The van der Waals surface area contributed by atoms with Gasteiger partial charge in [0, 0.05) is 24.4 Å². The molecule has 0 radical (unpaired) electrons. The number of hydrogen-bond donors (Lipinski definition) is 0. The van der Waals surface area contributed by atoms with E-state index in [-0.39, 0.29) is 17.7 Å². The maximum atomic E-state index is 12.4. The van der Waals surface area contributed by atoms with Crippen molar-refractivity contribution < 1.29 is 9.32 Å². The molecule has 1 amide bonds. The van der Waals surface area contributed by atoms with Crippen LogP contribution in [0.5, 0.6) is 0 Å². The summed E-state index contributed by atoms with van der Waals surface area (Å²) in [7, 11) is 0. The van der Waals surface area contributed by atoms with Crippen LogP contribution in [0.2, 0.25) is 0 Å². The summed E-state index contributed by atoms with van der Waals surface area (Å²) in [6, 6.07) is 0. The van der Waals surface area contributed by atoms with E-state index < -0.39 is 0 Å². The standard InChI is InChI=1S/C17H24N4O2S/c1-4-11(2)17(22)21-7-5-6-13(9-21)16-19-15(20-23-16)8-14-10-24-12(3)18-14/h10-11,13H,4-9H2,1-3H3/t11-,13+/m0/s1. The first kappa shape index (κ1) is 17.1. The molecule has 2 aromatic heterocycles. The number of likely N-dealkylation sites (tertiary alicyclic amines) is 1. The van der Waals surface area contributed by atoms with Crippen molar-refractivity contribution >= 4 is 17.2 Å². The van der Waals surface area contributed by atoms with Gasteiger partial charge in [-0.15, -0.1) is 11.3 Å². The summed E-state index contributed by atoms with van der Waals surface area (Å²) >= 11 is 1.63. The number of aryl methyl sites for hydroxylation is 1. The van der Waals surface area contributed by atoms with E-state index in [9.17, 15) is 4.79 Å². The van der Waals surface area contributed by atoms with Gasteiger partial charge in [0.25, 0.3) is 0 Å². The van der Waals surface area contributed by atoms with E-state index in [1.165, 1.54) is 0 Å². The third-order valence-corrected chi connectivity index (χ3v) is 5.43. The highest BCUT2D eigenvalue weighted by Crippen LogP contribution is 2.27. The maximum Gasteiger partial charge on any atom is 0.231 e. The Bertz CT molecular complexity index is 696. The monoisotopic (exact) mass is 348 g/mol. The number of nitrogens with zero attached hydrogens (tertiary/aromatic N) is 4. The van der Waals surface area contributed by atoms with E-state index in [2.05, 4.69) is 22.0 Å². The fourth-order valence-corrected chi connectivity index (χ4v) is 3.63. The molecule has 1 aliphatic heterocycles. The number of rotatable bonds is 5. The summed E-state index contributed by atoms with van der Waals surface area (Å²) in [6.07, 6.45) is 3.44. The third kappa shape index (κ3) is 3.83. The van der Waals surface area contributed by atoms with Gasteiger partial charge in [-0.25, -0.2) is 4.98 Å². The van der Waals surface area contributed by atoms with Gasteiger partial charge in [-0.1, -0.05) is 19.0 Å². The molecule has 2 atom stereocenters. The molecule has 1 saturated heterocycles. The first-order valence-corrected chi connectivity index (χ1v) is 9.47. The van der Waals surface area contributed by atoms with Crippen LogP contribution in [-0.4, -0.2) is 39.0 Å². The van der Waals surface area contributed by atoms with Crippen LogP contribution in [-0.2, 0) is 11.2 Å². The van der Waals surface area contributed by atoms with Crippen LogP contribution in [0.1, 0.15) is 61.4 Å². The lowest BCUT2D eigenvalue weighted by atomic mass is 9.96. The van der Waals surface area contributed by atoms with Crippen molar-refractivity contribution in [3.8, 4) is 0 Å². The molecule has 1 aliphatic rings. The molecule has 3 heterocycles. The van der Waals surface area contributed by atoms with Gasteiger partial charge in [0.2, 0.25) is 11.8 Å². The molecular formula is C17H24N4O2S. The zero-order valence-electron chi connectivity index (χ0n) is 14.5. The second-order valence-electron chi connectivity index (χ2n) is 6.52. The molecule has 0 N–H and O–H groups in total. The number of aromatic nitrogens is 3. The highest BCUT2D eigenvalue weighted by Gasteiger charge is 2.30. The molecular weight excluding hydrogens is 324 g/mol. The van der Waals surface area contributed by atoms with Gasteiger partial charge in [0.05, 0.1) is 23.0 Å². The van der Waals surface area contributed by atoms with Crippen LogP contribution in [0.25, 0.3) is 0 Å². The van der Waals surface area contributed by atoms with Crippen molar-refractivity contribution in [1.29, 1.82) is 0 Å². The lowest BCUT2D eigenvalue weighted by Crippen LogP contribution is -2.41. The summed E-state index contributed by atoms with van der Waals surface area (Å²) in [5.41, 5.74) is 0.974. The van der Waals surface area contributed by atoms with Crippen molar-refractivity contribution in [2.75, 3.05) is 13.1 Å². The Morgan fingerprint density at radius 2 is 2.33 bits per heavy atom. The van der Waals surface area contributed by atoms with Crippen molar-refractivity contribution in [2.24, 2.45) is 5.92 Å². The van der Waals surface area contributed by atoms with Crippen LogP contribution in [0.4, 0.5) is 0 Å². The first-order chi connectivity index (χ1) is 11.6. The molecule has 0 bridgehead atoms. The Kier molecular flexibility index (Phi) is 5.28. The lowest BCUT2D eigenvalue weighted by Gasteiger charge is -2.32. The molecule has 1 fully saturated rings. The fourth-order valence-electron chi connectivity index (χ4n) is 3.02. The molecule has 0 saturated carbocycles. The molecule has 2 aromatic rings. The zero-order chi connectivity index (χ0) is 17.1. The average molecular weight is 348 g/mol. The van der Waals surface area contributed by atoms with Crippen molar-refractivity contribution in [1.82, 2.24) is 20.0 Å². The van der Waals surface area contributed by atoms with Crippen molar-refractivity contribution in [3.05, 3.63) is 27.8 Å². The van der Waals surface area contributed by atoms with Gasteiger partial charge >= 0.3 is 0 Å². The molecule has 130 valence electrons. The number of thiazole rings is 1. The van der Waals surface area contributed by atoms with Crippen molar-refractivity contribution in [3.63, 3.8) is 0 Å². The lowest BCUT2D eigenvalue weighted by molar-refractivity contribution is -0.136. The second-order valence-corrected chi connectivity index (χ2v) is 7.58. The van der Waals surface area contributed by atoms with Gasteiger partial charge in [-0.2, -0.15) is 4.98 Å².